The van der Waals surface area contributed by atoms with E-state index < -0.39 is 78.4 Å². The standard InChI is InChI=1S/C56H70F3N9O10/c1-35(2)49(65-46(70)17-11-8-12-27-67-47(71)24-25-48(67)72)45(69)28-38(16-13-26-61-53(60)74)52(73)63-41-21-18-37(19-22-41)34-78-54(75)62-30-40(58)32-68(55(76)77-6)50(56(3,4)5)51-64-44(42-29-39(57)20-23-43(42)59)33-66(51)31-36-14-9-7-10-15-36/h7,9-10,14-15,18-25,29,33,35,38,40,49-50H,8,11-13,16-17,26-28,30-32,34H2,1-6H3,(H,62,75)(H,63,73)(H,65,70)(H3,60,61,74)/t38-,40+,49+,50+/m1/s1. The maximum atomic E-state index is 16.0. The maximum absolute atomic E-state index is 16.0. The first kappa shape index (κ1) is 60.8. The van der Waals surface area contributed by atoms with E-state index in [-0.39, 0.29) is 92.0 Å². The number of ketones is 1. The fraction of sp³-hybridized carbons (Fsp3) is 0.446. The van der Waals surface area contributed by atoms with Crippen LogP contribution in [0.1, 0.15) is 103 Å². The van der Waals surface area contributed by atoms with E-state index in [0.717, 1.165) is 40.7 Å². The van der Waals surface area contributed by atoms with E-state index in [1.807, 2.05) is 51.1 Å². The van der Waals surface area contributed by atoms with Gasteiger partial charge in [-0.15, -0.1) is 0 Å². The highest BCUT2D eigenvalue weighted by Crippen LogP contribution is 2.40. The summed E-state index contributed by atoms with van der Waals surface area (Å²) in [6.45, 7) is 8.18. The minimum absolute atomic E-state index is 0.0907. The molecule has 8 amide bonds. The number of benzene rings is 3. The van der Waals surface area contributed by atoms with Crippen molar-refractivity contribution in [2.45, 2.75) is 111 Å². The number of halogens is 3. The Bertz CT molecular complexity index is 2750. The van der Waals surface area contributed by atoms with Crippen LogP contribution in [0.2, 0.25) is 0 Å². The van der Waals surface area contributed by atoms with E-state index in [0.29, 0.717) is 36.9 Å². The molecule has 4 atom stereocenters. The number of alkyl halides is 1. The van der Waals surface area contributed by atoms with Crippen molar-refractivity contribution in [1.82, 2.24) is 35.3 Å². The summed E-state index contributed by atoms with van der Waals surface area (Å²) in [5, 5.41) is 10.5. The molecule has 0 unspecified atom stereocenters. The fourth-order valence-corrected chi connectivity index (χ4v) is 8.88. The summed E-state index contributed by atoms with van der Waals surface area (Å²) >= 11 is 0. The van der Waals surface area contributed by atoms with Crippen LogP contribution in [-0.4, -0.2) is 112 Å². The molecule has 1 aliphatic heterocycles. The van der Waals surface area contributed by atoms with Gasteiger partial charge in [0.15, 0.2) is 5.78 Å². The Kier molecular flexibility index (Phi) is 22.5. The number of urea groups is 1. The number of nitrogens with one attached hydrogen (secondary N) is 4. The predicted molar refractivity (Wildman–Crippen MR) is 284 cm³/mol. The lowest BCUT2D eigenvalue weighted by atomic mass is 9.84. The number of rotatable bonds is 28. The summed E-state index contributed by atoms with van der Waals surface area (Å²) in [4.78, 5) is 109. The highest BCUT2D eigenvalue weighted by molar-refractivity contribution is 6.12. The van der Waals surface area contributed by atoms with Crippen molar-refractivity contribution in [2.24, 2.45) is 23.0 Å². The van der Waals surface area contributed by atoms with Crippen LogP contribution < -0.4 is 27.0 Å². The first-order valence-corrected chi connectivity index (χ1v) is 25.8. The van der Waals surface area contributed by atoms with Gasteiger partial charge in [-0.1, -0.05) is 83.5 Å². The largest absolute Gasteiger partial charge is 0.453 e. The number of Topliss-reactive ketones (excluding diaryl/α,β-unsaturated/α-hetero) is 1. The summed E-state index contributed by atoms with van der Waals surface area (Å²) in [5.41, 5.74) is 6.05. The molecule has 6 N–H and O–H groups in total. The van der Waals surface area contributed by atoms with Gasteiger partial charge < -0.3 is 41.0 Å². The summed E-state index contributed by atoms with van der Waals surface area (Å²) < 4.78 is 57.7. The van der Waals surface area contributed by atoms with Gasteiger partial charge in [0.05, 0.1) is 38.0 Å². The average Bonchev–Trinajstić information content (AvgIpc) is 3.96. The number of primary amides is 1. The normalized spacial score (nSPS) is 13.8. The molecule has 19 nitrogen and oxygen atoms in total. The SMILES string of the molecule is COC(=O)N(C[C@@H](F)CNC(=O)OCc1ccc(NC(=O)[C@H](CCCNC(N)=O)CC(=O)[C@@H](NC(=O)CCCCCN2C(=O)C=CC2=O)C(C)C)cc1)[C@@H](c1nc(-c2cc(F)ccc2F)cn1Cc1ccccc1)C(C)(C)C. The predicted octanol–water partition coefficient (Wildman–Crippen LogP) is 7.89. The average molecular weight is 1090 g/mol. The van der Waals surface area contributed by atoms with Crippen molar-refractivity contribution in [3.05, 3.63) is 120 Å². The van der Waals surface area contributed by atoms with Crippen LogP contribution in [0, 0.1) is 28.9 Å². The van der Waals surface area contributed by atoms with Crippen LogP contribution >= 0.6 is 0 Å². The number of carbonyl (C=O) groups is 8. The van der Waals surface area contributed by atoms with Crippen LogP contribution in [0.25, 0.3) is 11.3 Å². The molecule has 4 aromatic rings. The molecule has 5 rings (SSSR count). The van der Waals surface area contributed by atoms with E-state index >= 15 is 8.78 Å². The van der Waals surface area contributed by atoms with Gasteiger partial charge in [0.25, 0.3) is 11.8 Å². The number of carbonyl (C=O) groups excluding carboxylic acids is 8. The van der Waals surface area contributed by atoms with E-state index in [4.69, 9.17) is 20.2 Å². The van der Waals surface area contributed by atoms with E-state index in [1.54, 1.807) is 48.9 Å². The number of hydrogen-bond donors (Lipinski definition) is 5. The van der Waals surface area contributed by atoms with Gasteiger partial charge in [-0.25, -0.2) is 32.5 Å². The molecule has 22 heteroatoms. The number of hydrogen-bond acceptors (Lipinski definition) is 11. The summed E-state index contributed by atoms with van der Waals surface area (Å²) in [5.74, 6) is -4.29. The zero-order chi connectivity index (χ0) is 57.1. The number of imidazole rings is 1. The summed E-state index contributed by atoms with van der Waals surface area (Å²) in [7, 11) is 1.14. The molecule has 1 aromatic heterocycles. The number of imide groups is 1. The summed E-state index contributed by atoms with van der Waals surface area (Å²) in [6, 6.07) is 15.9. The van der Waals surface area contributed by atoms with Crippen molar-refractivity contribution in [2.75, 3.05) is 38.6 Å². The van der Waals surface area contributed by atoms with Gasteiger partial charge in [0.1, 0.15) is 30.2 Å². The Morgan fingerprint density at radius 1 is 0.859 bits per heavy atom. The maximum Gasteiger partial charge on any atom is 0.410 e. The number of nitrogens with two attached hydrogens (primary N) is 1. The van der Waals surface area contributed by atoms with Crippen molar-refractivity contribution >= 4 is 53.3 Å². The monoisotopic (exact) mass is 1090 g/mol. The number of anilines is 1. The zero-order valence-electron chi connectivity index (χ0n) is 44.8. The lowest BCUT2D eigenvalue weighted by Gasteiger charge is -2.39. The van der Waals surface area contributed by atoms with Crippen LogP contribution in [0.3, 0.4) is 0 Å². The van der Waals surface area contributed by atoms with Crippen molar-refractivity contribution in [3.63, 3.8) is 0 Å². The fourth-order valence-electron chi connectivity index (χ4n) is 8.88. The molecule has 78 heavy (non-hydrogen) atoms. The number of ether oxygens (including phenoxy) is 2. The van der Waals surface area contributed by atoms with Crippen LogP contribution in [-0.2, 0) is 46.6 Å². The Morgan fingerprint density at radius 2 is 1.55 bits per heavy atom. The molecule has 420 valence electrons. The highest BCUT2D eigenvalue weighted by atomic mass is 19.1. The molecule has 1 aliphatic rings. The lowest BCUT2D eigenvalue weighted by Crippen LogP contribution is -2.47. The number of nitrogens with zero attached hydrogens (tertiary/aromatic N) is 4. The second-order valence-corrected chi connectivity index (χ2v) is 20.4. The quantitative estimate of drug-likeness (QED) is 0.0270. The molecule has 0 spiro atoms. The van der Waals surface area contributed by atoms with Gasteiger partial charge in [0, 0.05) is 68.0 Å². The molecular formula is C56H70F3N9O10. The Morgan fingerprint density at radius 3 is 2.19 bits per heavy atom. The third-order valence-corrected chi connectivity index (χ3v) is 12.8. The number of amides is 8. The molecule has 2 heterocycles. The van der Waals surface area contributed by atoms with Gasteiger partial charge in [-0.3, -0.25) is 33.8 Å². The Labute approximate surface area is 451 Å². The van der Waals surface area contributed by atoms with Crippen molar-refractivity contribution in [1.29, 1.82) is 0 Å². The highest BCUT2D eigenvalue weighted by Gasteiger charge is 2.40. The minimum Gasteiger partial charge on any atom is -0.453 e. The molecule has 0 saturated carbocycles. The number of methoxy groups -OCH3 is 1. The Balaban J connectivity index is 1.17. The smallest absolute Gasteiger partial charge is 0.410 e. The molecule has 0 radical (unpaired) electrons. The summed E-state index contributed by atoms with van der Waals surface area (Å²) in [6.07, 6.45) is 2.18. The first-order chi connectivity index (χ1) is 37.0. The third-order valence-electron chi connectivity index (χ3n) is 12.8. The first-order valence-electron chi connectivity index (χ1n) is 25.8. The second kappa shape index (κ2) is 28.9. The molecule has 3 aromatic carbocycles. The topological polar surface area (TPSA) is 253 Å². The van der Waals surface area contributed by atoms with Gasteiger partial charge in [-0.2, -0.15) is 0 Å². The molecule has 0 aliphatic carbocycles. The van der Waals surface area contributed by atoms with Crippen molar-refractivity contribution in [3.8, 4) is 11.3 Å². The molecule has 0 saturated heterocycles. The zero-order valence-corrected chi connectivity index (χ0v) is 44.8. The Hall–Kier alpha value is -8.04. The van der Waals surface area contributed by atoms with Gasteiger partial charge in [0.2, 0.25) is 11.8 Å². The number of unbranched alkanes of at least 4 members (excludes halogenated alkanes) is 2. The molecular weight excluding hydrogens is 1020 g/mol. The minimum atomic E-state index is -1.86. The van der Waals surface area contributed by atoms with Gasteiger partial charge >= 0.3 is 18.2 Å². The second-order valence-electron chi connectivity index (χ2n) is 20.4. The number of aromatic nitrogens is 2. The molecule has 0 bridgehead atoms. The number of alkyl carbamates (subject to hydrolysis) is 1. The lowest BCUT2D eigenvalue weighted by molar-refractivity contribution is -0.137. The van der Waals surface area contributed by atoms with E-state index in [1.165, 1.54) is 12.2 Å². The van der Waals surface area contributed by atoms with E-state index in [2.05, 4.69) is 21.3 Å². The van der Waals surface area contributed by atoms with E-state index in [9.17, 15) is 42.7 Å². The third kappa shape index (κ3) is 18.3. The van der Waals surface area contributed by atoms with Crippen LogP contribution in [0.5, 0.6) is 0 Å². The van der Waals surface area contributed by atoms with Crippen molar-refractivity contribution < 1.29 is 61.0 Å². The van der Waals surface area contributed by atoms with Crippen LogP contribution in [0.4, 0.5) is 33.2 Å². The van der Waals surface area contributed by atoms with Crippen LogP contribution in [0.15, 0.2) is 91.1 Å². The van der Waals surface area contributed by atoms with Gasteiger partial charge in [-0.05, 0) is 78.5 Å². The molecule has 0 fully saturated rings.